The van der Waals surface area contributed by atoms with Crippen LogP contribution in [0.15, 0.2) is 18.2 Å². The molecule has 1 aromatic rings. The fraction of sp³-hybridized carbons (Fsp3) is 0.562. The Bertz CT molecular complexity index is 467. The summed E-state index contributed by atoms with van der Waals surface area (Å²) in [6, 6.07) is 4.93. The van der Waals surface area contributed by atoms with E-state index in [1.807, 2.05) is 6.92 Å². The van der Waals surface area contributed by atoms with E-state index in [-0.39, 0.29) is 18.2 Å². The summed E-state index contributed by atoms with van der Waals surface area (Å²) in [6.07, 6.45) is 4.20. The van der Waals surface area contributed by atoms with Crippen molar-refractivity contribution in [3.63, 3.8) is 0 Å². The van der Waals surface area contributed by atoms with Crippen molar-refractivity contribution in [3.05, 3.63) is 29.3 Å². The molecule has 1 amide bonds. The maximum atomic E-state index is 12.3. The van der Waals surface area contributed by atoms with Crippen LogP contribution in [-0.2, 0) is 11.3 Å². The fourth-order valence-corrected chi connectivity index (χ4v) is 2.12. The van der Waals surface area contributed by atoms with Crippen LogP contribution in [0.5, 0.6) is 5.75 Å². The lowest BCUT2D eigenvalue weighted by atomic mass is 10.1. The first-order valence-corrected chi connectivity index (χ1v) is 7.54. The zero-order chi connectivity index (χ0) is 16.4. The summed E-state index contributed by atoms with van der Waals surface area (Å²) in [6.45, 7) is -0.160. The van der Waals surface area contributed by atoms with Crippen LogP contribution in [0.4, 0.5) is 8.78 Å². The number of benzene rings is 1. The summed E-state index contributed by atoms with van der Waals surface area (Å²) in [7, 11) is 0. The van der Waals surface area contributed by atoms with E-state index in [9.17, 15) is 13.6 Å². The molecule has 0 radical (unpaired) electrons. The lowest BCUT2D eigenvalue weighted by molar-refractivity contribution is -0.121. The molecule has 0 heterocycles. The number of hydrogen-bond donors (Lipinski definition) is 2. The number of rotatable bonds is 10. The van der Waals surface area contributed by atoms with Gasteiger partial charge in [0.25, 0.3) is 0 Å². The molecule has 124 valence electrons. The van der Waals surface area contributed by atoms with E-state index in [0.29, 0.717) is 18.5 Å². The molecule has 0 saturated heterocycles. The Kier molecular flexibility index (Phi) is 8.43. The zero-order valence-corrected chi connectivity index (χ0v) is 12.9. The summed E-state index contributed by atoms with van der Waals surface area (Å²) in [5.74, 6) is 0.0149. The van der Waals surface area contributed by atoms with Gasteiger partial charge < -0.3 is 15.8 Å². The minimum atomic E-state index is -2.88. The molecule has 0 bridgehead atoms. The molecule has 0 unspecified atom stereocenters. The Balaban J connectivity index is 2.42. The molecule has 0 aliphatic carbocycles. The molecule has 6 heteroatoms. The molecule has 0 aliphatic rings. The third kappa shape index (κ3) is 7.36. The van der Waals surface area contributed by atoms with Gasteiger partial charge in [-0.2, -0.15) is 8.78 Å². The van der Waals surface area contributed by atoms with E-state index in [4.69, 9.17) is 5.73 Å². The Labute approximate surface area is 130 Å². The number of hydrogen-bond acceptors (Lipinski definition) is 3. The quantitative estimate of drug-likeness (QED) is 0.652. The number of aryl methyl sites for hydroxylation is 1. The highest BCUT2D eigenvalue weighted by Gasteiger charge is 2.11. The first kappa shape index (κ1) is 18.4. The molecule has 3 N–H and O–H groups in total. The number of carbonyl (C=O) groups excluding carboxylic acids is 1. The van der Waals surface area contributed by atoms with Crippen LogP contribution >= 0.6 is 0 Å². The van der Waals surface area contributed by atoms with Gasteiger partial charge in [-0.3, -0.25) is 4.79 Å². The van der Waals surface area contributed by atoms with Gasteiger partial charge in [-0.05, 0) is 32.4 Å². The predicted octanol–water partition coefficient (Wildman–Crippen LogP) is 3.12. The van der Waals surface area contributed by atoms with E-state index in [1.54, 1.807) is 12.1 Å². The van der Waals surface area contributed by atoms with Crippen molar-refractivity contribution in [2.24, 2.45) is 5.73 Å². The van der Waals surface area contributed by atoms with Crippen LogP contribution in [0.3, 0.4) is 0 Å². The highest BCUT2D eigenvalue weighted by molar-refractivity contribution is 5.75. The lowest BCUT2D eigenvalue weighted by Gasteiger charge is -2.12. The van der Waals surface area contributed by atoms with E-state index < -0.39 is 6.61 Å². The number of ether oxygens (including phenoxy) is 1. The van der Waals surface area contributed by atoms with Crippen molar-refractivity contribution in [1.29, 1.82) is 0 Å². The smallest absolute Gasteiger partial charge is 0.387 e. The largest absolute Gasteiger partial charge is 0.434 e. The monoisotopic (exact) mass is 314 g/mol. The minimum absolute atomic E-state index is 0.0859. The van der Waals surface area contributed by atoms with Gasteiger partial charge in [0.15, 0.2) is 0 Å². The lowest BCUT2D eigenvalue weighted by Crippen LogP contribution is -2.23. The van der Waals surface area contributed by atoms with Gasteiger partial charge in [-0.25, -0.2) is 0 Å². The van der Waals surface area contributed by atoms with Crippen molar-refractivity contribution in [3.8, 4) is 5.75 Å². The van der Waals surface area contributed by atoms with Gasteiger partial charge in [0, 0.05) is 18.5 Å². The van der Waals surface area contributed by atoms with Gasteiger partial charge in [-0.1, -0.05) is 30.5 Å². The topological polar surface area (TPSA) is 64.3 Å². The molecule has 1 rings (SSSR count). The normalized spacial score (nSPS) is 10.8. The molecular formula is C16H24F2N2O2. The van der Waals surface area contributed by atoms with Gasteiger partial charge in [0.2, 0.25) is 5.91 Å². The first-order chi connectivity index (χ1) is 10.5. The second kappa shape index (κ2) is 10.1. The van der Waals surface area contributed by atoms with Crippen molar-refractivity contribution in [1.82, 2.24) is 5.32 Å². The molecule has 1 aromatic carbocycles. The number of nitrogens with one attached hydrogen (secondary N) is 1. The molecule has 22 heavy (non-hydrogen) atoms. The summed E-state index contributed by atoms with van der Waals surface area (Å²) >= 11 is 0. The third-order valence-electron chi connectivity index (χ3n) is 3.27. The minimum Gasteiger partial charge on any atom is -0.434 e. The molecule has 0 aromatic heterocycles. The number of unbranched alkanes of at least 4 members (excludes halogenated alkanes) is 3. The van der Waals surface area contributed by atoms with Crippen molar-refractivity contribution >= 4 is 5.91 Å². The second-order valence-corrected chi connectivity index (χ2v) is 5.22. The number of amides is 1. The number of halogens is 2. The molecule has 0 atom stereocenters. The number of alkyl halides is 2. The Morgan fingerprint density at radius 2 is 2.00 bits per heavy atom. The van der Waals surface area contributed by atoms with Gasteiger partial charge in [0.1, 0.15) is 5.75 Å². The third-order valence-corrected chi connectivity index (χ3v) is 3.27. The van der Waals surface area contributed by atoms with E-state index in [0.717, 1.165) is 31.2 Å². The highest BCUT2D eigenvalue weighted by Crippen LogP contribution is 2.22. The fourth-order valence-electron chi connectivity index (χ4n) is 2.12. The van der Waals surface area contributed by atoms with Crippen molar-refractivity contribution in [2.45, 2.75) is 52.2 Å². The molecule has 0 spiro atoms. The molecule has 0 saturated carbocycles. The van der Waals surface area contributed by atoms with E-state index >= 15 is 0 Å². The SMILES string of the molecule is Cc1ccc(OC(F)F)c(CNC(=O)CCCCCCN)c1. The highest BCUT2D eigenvalue weighted by atomic mass is 19.3. The standard InChI is InChI=1S/C16H24F2N2O2/c1-12-7-8-14(22-16(17)18)13(10-12)11-20-15(21)6-4-2-3-5-9-19/h7-8,10,16H,2-6,9,11,19H2,1H3,(H,20,21). The van der Waals surface area contributed by atoms with Crippen LogP contribution < -0.4 is 15.8 Å². The average Bonchev–Trinajstić information content (AvgIpc) is 2.47. The number of carbonyl (C=O) groups is 1. The Hall–Kier alpha value is -1.69. The predicted molar refractivity (Wildman–Crippen MR) is 81.8 cm³/mol. The van der Waals surface area contributed by atoms with E-state index in [2.05, 4.69) is 10.1 Å². The Morgan fingerprint density at radius 3 is 2.68 bits per heavy atom. The van der Waals surface area contributed by atoms with E-state index in [1.165, 1.54) is 6.07 Å². The van der Waals surface area contributed by atoms with Crippen LogP contribution in [0.25, 0.3) is 0 Å². The maximum Gasteiger partial charge on any atom is 0.387 e. The summed E-state index contributed by atoms with van der Waals surface area (Å²) < 4.78 is 29.2. The summed E-state index contributed by atoms with van der Waals surface area (Å²) in [5, 5.41) is 2.74. The van der Waals surface area contributed by atoms with Crippen LogP contribution in [0.2, 0.25) is 0 Å². The summed E-state index contributed by atoms with van der Waals surface area (Å²) in [5.41, 5.74) is 6.88. The molecular weight excluding hydrogens is 290 g/mol. The molecule has 0 fully saturated rings. The van der Waals surface area contributed by atoms with Crippen LogP contribution in [0.1, 0.15) is 43.2 Å². The van der Waals surface area contributed by atoms with Crippen LogP contribution in [0, 0.1) is 6.92 Å². The molecule has 0 aliphatic heterocycles. The second-order valence-electron chi connectivity index (χ2n) is 5.22. The van der Waals surface area contributed by atoms with Crippen molar-refractivity contribution < 1.29 is 18.3 Å². The first-order valence-electron chi connectivity index (χ1n) is 7.54. The van der Waals surface area contributed by atoms with Gasteiger partial charge >= 0.3 is 6.61 Å². The van der Waals surface area contributed by atoms with Gasteiger partial charge in [-0.15, -0.1) is 0 Å². The summed E-state index contributed by atoms with van der Waals surface area (Å²) in [4.78, 5) is 11.7. The van der Waals surface area contributed by atoms with Gasteiger partial charge in [0.05, 0.1) is 0 Å². The van der Waals surface area contributed by atoms with Crippen LogP contribution in [-0.4, -0.2) is 19.1 Å². The number of nitrogens with two attached hydrogens (primary N) is 1. The average molecular weight is 314 g/mol. The zero-order valence-electron chi connectivity index (χ0n) is 12.9. The molecule has 4 nitrogen and oxygen atoms in total. The van der Waals surface area contributed by atoms with Crippen molar-refractivity contribution in [2.75, 3.05) is 6.54 Å². The maximum absolute atomic E-state index is 12.3. The Morgan fingerprint density at radius 1 is 1.27 bits per heavy atom.